The molecule has 3 amide bonds. The van der Waals surface area contributed by atoms with Crippen LogP contribution in [0.1, 0.15) is 5.56 Å². The zero-order valence-electron chi connectivity index (χ0n) is 9.30. The second kappa shape index (κ2) is 4.97. The van der Waals surface area contributed by atoms with Crippen LogP contribution in [-0.4, -0.2) is 41.1 Å². The Morgan fingerprint density at radius 3 is 2.53 bits per heavy atom. The first-order valence-electron chi connectivity index (χ1n) is 5.47. The van der Waals surface area contributed by atoms with E-state index < -0.39 is 12.1 Å². The number of hydrogen-bond acceptors (Lipinski definition) is 3. The van der Waals surface area contributed by atoms with E-state index in [0.29, 0.717) is 6.42 Å². The lowest BCUT2D eigenvalue weighted by Gasteiger charge is -2.23. The Morgan fingerprint density at radius 1 is 1.29 bits per heavy atom. The first kappa shape index (κ1) is 11.6. The summed E-state index contributed by atoms with van der Waals surface area (Å²) in [5.41, 5.74) is 0.985. The minimum Gasteiger partial charge on any atom is -0.394 e. The van der Waals surface area contributed by atoms with Crippen LogP contribution in [-0.2, 0) is 11.2 Å². The summed E-state index contributed by atoms with van der Waals surface area (Å²) in [6.45, 7) is -0.210. The highest BCUT2D eigenvalue weighted by molar-refractivity contribution is 6.02. The quantitative estimate of drug-likeness (QED) is 0.728. The number of carbonyl (C=O) groups is 2. The second-order valence-corrected chi connectivity index (χ2v) is 3.95. The molecule has 0 aliphatic carbocycles. The van der Waals surface area contributed by atoms with Crippen molar-refractivity contribution in [2.24, 2.45) is 0 Å². The van der Waals surface area contributed by atoms with Gasteiger partial charge >= 0.3 is 6.03 Å². The highest BCUT2D eigenvalue weighted by Gasteiger charge is 2.34. The Hall–Kier alpha value is -1.88. The molecule has 0 spiro atoms. The number of amides is 3. The first-order chi connectivity index (χ1) is 8.22. The lowest BCUT2D eigenvalue weighted by molar-refractivity contribution is -0.127. The molecule has 2 rings (SSSR count). The number of nitrogens with zero attached hydrogens (tertiary/aromatic N) is 1. The van der Waals surface area contributed by atoms with Gasteiger partial charge in [-0.05, 0) is 12.0 Å². The summed E-state index contributed by atoms with van der Waals surface area (Å²) in [6.07, 6.45) is 0.469. The Bertz CT molecular complexity index is 403. The van der Waals surface area contributed by atoms with Crippen LogP contribution in [0.15, 0.2) is 30.3 Å². The van der Waals surface area contributed by atoms with Crippen molar-refractivity contribution in [3.63, 3.8) is 0 Å². The van der Waals surface area contributed by atoms with Crippen molar-refractivity contribution in [2.75, 3.05) is 13.2 Å². The predicted molar refractivity (Wildman–Crippen MR) is 61.3 cm³/mol. The summed E-state index contributed by atoms with van der Waals surface area (Å²) in [6, 6.07) is 8.55. The lowest BCUT2D eigenvalue weighted by Crippen LogP contribution is -2.44. The van der Waals surface area contributed by atoms with Gasteiger partial charge in [-0.2, -0.15) is 0 Å². The number of carbonyl (C=O) groups excluding carboxylic acids is 2. The first-order valence-corrected chi connectivity index (χ1v) is 5.47. The molecule has 0 bridgehead atoms. The van der Waals surface area contributed by atoms with Crippen LogP contribution >= 0.6 is 0 Å². The molecule has 1 saturated heterocycles. The van der Waals surface area contributed by atoms with Crippen LogP contribution in [0, 0.1) is 0 Å². The summed E-state index contributed by atoms with van der Waals surface area (Å²) < 4.78 is 0. The molecule has 1 aliphatic rings. The molecule has 0 aromatic heterocycles. The highest BCUT2D eigenvalue weighted by atomic mass is 16.3. The number of nitrogens with one attached hydrogen (secondary N) is 1. The van der Waals surface area contributed by atoms with Crippen LogP contribution in [0.3, 0.4) is 0 Å². The number of urea groups is 1. The van der Waals surface area contributed by atoms with Gasteiger partial charge in [0.25, 0.3) is 0 Å². The molecule has 1 aromatic carbocycles. The lowest BCUT2D eigenvalue weighted by atomic mass is 10.1. The summed E-state index contributed by atoms with van der Waals surface area (Å²) in [7, 11) is 0. The highest BCUT2D eigenvalue weighted by Crippen LogP contribution is 2.12. The SMILES string of the molecule is O=C1CNC(=O)N1[C@@H](CO)Cc1ccccc1. The fraction of sp³-hybridized carbons (Fsp3) is 0.333. The largest absolute Gasteiger partial charge is 0.394 e. The monoisotopic (exact) mass is 234 g/mol. The molecule has 0 saturated carbocycles. The predicted octanol–water partition coefficient (Wildman–Crippen LogP) is 0.142. The third-order valence-electron chi connectivity index (χ3n) is 2.77. The molecular weight excluding hydrogens is 220 g/mol. The van der Waals surface area contributed by atoms with E-state index in [1.165, 1.54) is 0 Å². The van der Waals surface area contributed by atoms with Crippen LogP contribution in [0.4, 0.5) is 4.79 Å². The van der Waals surface area contributed by atoms with E-state index in [-0.39, 0.29) is 19.1 Å². The van der Waals surface area contributed by atoms with Crippen molar-refractivity contribution in [3.05, 3.63) is 35.9 Å². The third-order valence-corrected chi connectivity index (χ3v) is 2.77. The van der Waals surface area contributed by atoms with Crippen molar-refractivity contribution in [1.82, 2.24) is 10.2 Å². The standard InChI is InChI=1S/C12H14N2O3/c15-8-10(6-9-4-2-1-3-5-9)14-11(16)7-13-12(14)17/h1-5,10,15H,6-8H2,(H,13,17)/t10-/m1/s1. The fourth-order valence-corrected chi connectivity index (χ4v) is 1.93. The Balaban J connectivity index is 2.11. The zero-order valence-corrected chi connectivity index (χ0v) is 9.30. The number of aliphatic hydroxyl groups is 1. The van der Waals surface area contributed by atoms with Gasteiger partial charge in [-0.15, -0.1) is 0 Å². The number of rotatable bonds is 4. The molecule has 1 atom stereocenters. The number of aliphatic hydroxyl groups excluding tert-OH is 1. The summed E-state index contributed by atoms with van der Waals surface area (Å²) >= 11 is 0. The molecule has 1 aromatic rings. The van der Waals surface area contributed by atoms with Gasteiger partial charge in [-0.25, -0.2) is 4.79 Å². The normalized spacial score (nSPS) is 17.1. The smallest absolute Gasteiger partial charge is 0.324 e. The summed E-state index contributed by atoms with van der Waals surface area (Å²) in [5.74, 6) is -0.287. The molecular formula is C12H14N2O3. The van der Waals surface area contributed by atoms with Crippen molar-refractivity contribution in [2.45, 2.75) is 12.5 Å². The minimum absolute atomic E-state index is 0.0180. The van der Waals surface area contributed by atoms with Crippen LogP contribution < -0.4 is 5.32 Å². The Kier molecular flexibility index (Phi) is 3.39. The second-order valence-electron chi connectivity index (χ2n) is 3.95. The van der Waals surface area contributed by atoms with Gasteiger partial charge in [-0.1, -0.05) is 30.3 Å². The van der Waals surface area contributed by atoms with Crippen LogP contribution in [0.5, 0.6) is 0 Å². The van der Waals surface area contributed by atoms with E-state index >= 15 is 0 Å². The average molecular weight is 234 g/mol. The van der Waals surface area contributed by atoms with Crippen molar-refractivity contribution in [1.29, 1.82) is 0 Å². The van der Waals surface area contributed by atoms with E-state index in [1.807, 2.05) is 30.3 Å². The topological polar surface area (TPSA) is 69.6 Å². The molecule has 0 unspecified atom stereocenters. The molecule has 1 heterocycles. The molecule has 1 fully saturated rings. The van der Waals surface area contributed by atoms with Crippen molar-refractivity contribution in [3.8, 4) is 0 Å². The van der Waals surface area contributed by atoms with Gasteiger partial charge in [-0.3, -0.25) is 9.69 Å². The maximum atomic E-state index is 11.5. The van der Waals surface area contributed by atoms with E-state index in [1.54, 1.807) is 0 Å². The number of benzene rings is 1. The van der Waals surface area contributed by atoms with Gasteiger partial charge in [0.15, 0.2) is 0 Å². The van der Waals surface area contributed by atoms with Gasteiger partial charge in [0.2, 0.25) is 5.91 Å². The van der Waals surface area contributed by atoms with Gasteiger partial charge in [0.05, 0.1) is 19.2 Å². The number of imide groups is 1. The van der Waals surface area contributed by atoms with Crippen LogP contribution in [0.2, 0.25) is 0 Å². The maximum absolute atomic E-state index is 11.5. The Morgan fingerprint density at radius 2 is 2.00 bits per heavy atom. The third kappa shape index (κ3) is 2.45. The van der Waals surface area contributed by atoms with E-state index in [4.69, 9.17) is 0 Å². The van der Waals surface area contributed by atoms with Gasteiger partial charge in [0, 0.05) is 0 Å². The zero-order chi connectivity index (χ0) is 12.3. The van der Waals surface area contributed by atoms with Crippen molar-refractivity contribution < 1.29 is 14.7 Å². The molecule has 0 radical (unpaired) electrons. The van der Waals surface area contributed by atoms with E-state index in [0.717, 1.165) is 10.5 Å². The molecule has 90 valence electrons. The molecule has 1 aliphatic heterocycles. The van der Waals surface area contributed by atoms with Gasteiger partial charge in [0.1, 0.15) is 0 Å². The minimum atomic E-state index is -0.493. The Labute approximate surface area is 99.0 Å². The average Bonchev–Trinajstić information content (AvgIpc) is 2.68. The van der Waals surface area contributed by atoms with E-state index in [9.17, 15) is 14.7 Å². The summed E-state index contributed by atoms with van der Waals surface area (Å²) in [4.78, 5) is 24.1. The molecule has 2 N–H and O–H groups in total. The van der Waals surface area contributed by atoms with Gasteiger partial charge < -0.3 is 10.4 Å². The van der Waals surface area contributed by atoms with E-state index in [2.05, 4.69) is 5.32 Å². The molecule has 5 heteroatoms. The maximum Gasteiger partial charge on any atom is 0.324 e. The van der Waals surface area contributed by atoms with Crippen molar-refractivity contribution >= 4 is 11.9 Å². The number of hydrogen-bond donors (Lipinski definition) is 2. The summed E-state index contributed by atoms with van der Waals surface area (Å²) in [5, 5.41) is 11.8. The molecule has 17 heavy (non-hydrogen) atoms. The fourth-order valence-electron chi connectivity index (χ4n) is 1.93. The molecule has 5 nitrogen and oxygen atoms in total. The van der Waals surface area contributed by atoms with Crippen LogP contribution in [0.25, 0.3) is 0 Å².